The van der Waals surface area contributed by atoms with Gasteiger partial charge in [0.05, 0.1) is 5.60 Å². The second-order valence-electron chi connectivity index (χ2n) is 10.5. The largest absolute Gasteiger partial charge is 0.385 e. The van der Waals surface area contributed by atoms with Crippen LogP contribution in [0.15, 0.2) is 42.5 Å². The lowest BCUT2D eigenvalue weighted by atomic mass is 9.55. The number of likely N-dealkylation sites (N-methyl/N-ethyl adjacent to an activating group) is 1. The Morgan fingerprint density at radius 2 is 1.73 bits per heavy atom. The Bertz CT molecular complexity index is 986. The van der Waals surface area contributed by atoms with E-state index in [0.717, 1.165) is 30.4 Å². The topological polar surface area (TPSA) is 40.5 Å². The molecule has 3 nitrogen and oxygen atoms in total. The lowest BCUT2D eigenvalue weighted by Crippen LogP contribution is -2.58. The van der Waals surface area contributed by atoms with Gasteiger partial charge in [0.1, 0.15) is 0 Å². The van der Waals surface area contributed by atoms with Crippen molar-refractivity contribution >= 4 is 5.91 Å². The highest BCUT2D eigenvalue weighted by Crippen LogP contribution is 2.51. The molecule has 1 N–H and O–H groups in total. The number of carbonyl (C=O) groups excluding carboxylic acids is 1. The van der Waals surface area contributed by atoms with Crippen molar-refractivity contribution in [3.63, 3.8) is 0 Å². The molecule has 3 heteroatoms. The molecule has 0 radical (unpaired) electrons. The van der Waals surface area contributed by atoms with Crippen LogP contribution in [0, 0.1) is 5.41 Å². The Hall–Kier alpha value is -2.13. The molecule has 1 unspecified atom stereocenters. The van der Waals surface area contributed by atoms with Gasteiger partial charge in [-0.05, 0) is 78.3 Å². The van der Waals surface area contributed by atoms with Gasteiger partial charge in [-0.15, -0.1) is 0 Å². The molecular weight excluding hydrogens is 370 g/mol. The molecule has 0 aliphatic heterocycles. The van der Waals surface area contributed by atoms with E-state index in [-0.39, 0.29) is 22.8 Å². The number of nitrogens with zero attached hydrogens (tertiary/aromatic N) is 1. The minimum absolute atomic E-state index is 0.0538. The maximum absolute atomic E-state index is 13.7. The van der Waals surface area contributed by atoms with Crippen molar-refractivity contribution in [1.82, 2.24) is 4.90 Å². The van der Waals surface area contributed by atoms with E-state index < -0.39 is 5.60 Å². The average molecular weight is 406 g/mol. The summed E-state index contributed by atoms with van der Waals surface area (Å²) in [7, 11) is 0. The SMILES string of the molecule is CCN(C(=O)c1ccc2c(c1)C(C)(O)CC2)[C@@H]1Cc2ccccc2C(C)(C)C1(C)C. The molecule has 0 bridgehead atoms. The van der Waals surface area contributed by atoms with Crippen LogP contribution >= 0.6 is 0 Å². The van der Waals surface area contributed by atoms with Gasteiger partial charge in [0.25, 0.3) is 5.91 Å². The summed E-state index contributed by atoms with van der Waals surface area (Å²) in [6.07, 6.45) is 2.46. The second kappa shape index (κ2) is 6.95. The van der Waals surface area contributed by atoms with Gasteiger partial charge in [-0.2, -0.15) is 0 Å². The molecule has 0 saturated carbocycles. The lowest BCUT2D eigenvalue weighted by molar-refractivity contribution is 0.0214. The Labute approximate surface area is 181 Å². The summed E-state index contributed by atoms with van der Waals surface area (Å²) in [5.74, 6) is 0.0660. The molecule has 2 aromatic carbocycles. The molecule has 0 spiro atoms. The molecule has 0 aromatic heterocycles. The highest BCUT2D eigenvalue weighted by atomic mass is 16.3. The van der Waals surface area contributed by atoms with Crippen LogP contribution in [0.3, 0.4) is 0 Å². The van der Waals surface area contributed by atoms with Crippen molar-refractivity contribution in [1.29, 1.82) is 0 Å². The van der Waals surface area contributed by atoms with E-state index >= 15 is 0 Å². The first kappa shape index (κ1) is 21.1. The predicted molar refractivity (Wildman–Crippen MR) is 122 cm³/mol. The number of carbonyl (C=O) groups is 1. The molecule has 2 atom stereocenters. The third-order valence-electron chi connectivity index (χ3n) is 8.34. The number of aliphatic hydroxyl groups is 1. The molecule has 30 heavy (non-hydrogen) atoms. The molecule has 1 amide bonds. The number of benzene rings is 2. The van der Waals surface area contributed by atoms with E-state index in [0.29, 0.717) is 12.1 Å². The van der Waals surface area contributed by atoms with Crippen LogP contribution in [0.2, 0.25) is 0 Å². The summed E-state index contributed by atoms with van der Waals surface area (Å²) >= 11 is 0. The van der Waals surface area contributed by atoms with Crippen LogP contribution in [-0.2, 0) is 23.9 Å². The van der Waals surface area contributed by atoms with Gasteiger partial charge in [-0.1, -0.05) is 58.0 Å². The molecule has 0 saturated heterocycles. The van der Waals surface area contributed by atoms with E-state index in [4.69, 9.17) is 0 Å². The van der Waals surface area contributed by atoms with Crippen LogP contribution in [0.1, 0.15) is 80.6 Å². The number of aryl methyl sites for hydroxylation is 1. The molecule has 0 fully saturated rings. The highest BCUT2D eigenvalue weighted by molar-refractivity contribution is 5.95. The zero-order valence-corrected chi connectivity index (χ0v) is 19.2. The Morgan fingerprint density at radius 3 is 2.43 bits per heavy atom. The van der Waals surface area contributed by atoms with Gasteiger partial charge >= 0.3 is 0 Å². The number of amides is 1. The van der Waals surface area contributed by atoms with Crippen molar-refractivity contribution in [2.45, 2.75) is 77.9 Å². The van der Waals surface area contributed by atoms with Crippen LogP contribution in [0.4, 0.5) is 0 Å². The first-order chi connectivity index (χ1) is 14.0. The standard InChI is InChI=1S/C27H35NO2/c1-7-28(24(29)20-13-12-18-14-15-27(6,30)22(18)16-20)23-17-19-10-8-9-11-21(19)25(2,3)26(23,4)5/h8-13,16,23,30H,7,14-15,17H2,1-6H3/t23-,27?/m1/s1. The minimum atomic E-state index is -0.840. The van der Waals surface area contributed by atoms with Crippen molar-refractivity contribution in [3.8, 4) is 0 Å². The van der Waals surface area contributed by atoms with Crippen LogP contribution in [0.5, 0.6) is 0 Å². The highest BCUT2D eigenvalue weighted by Gasteiger charge is 2.51. The van der Waals surface area contributed by atoms with Gasteiger partial charge in [-0.25, -0.2) is 0 Å². The number of hydrogen-bond donors (Lipinski definition) is 1. The molecule has 4 rings (SSSR count). The van der Waals surface area contributed by atoms with Crippen LogP contribution in [0.25, 0.3) is 0 Å². The third kappa shape index (κ3) is 3.01. The van der Waals surface area contributed by atoms with Gasteiger partial charge in [0.15, 0.2) is 0 Å². The molecule has 0 heterocycles. The fourth-order valence-corrected chi connectivity index (χ4v) is 5.65. The summed E-state index contributed by atoms with van der Waals surface area (Å²) < 4.78 is 0. The van der Waals surface area contributed by atoms with Gasteiger partial charge in [0, 0.05) is 18.2 Å². The lowest BCUT2D eigenvalue weighted by Gasteiger charge is -2.55. The normalized spacial score (nSPS) is 26.0. The quantitative estimate of drug-likeness (QED) is 0.759. The van der Waals surface area contributed by atoms with E-state index in [1.54, 1.807) is 0 Å². The molecule has 2 aromatic rings. The average Bonchev–Trinajstić information content (AvgIpc) is 3.01. The van der Waals surface area contributed by atoms with Crippen LogP contribution < -0.4 is 0 Å². The van der Waals surface area contributed by atoms with E-state index in [2.05, 4.69) is 63.8 Å². The fraction of sp³-hybridized carbons (Fsp3) is 0.519. The molecule has 2 aliphatic rings. The summed E-state index contributed by atoms with van der Waals surface area (Å²) in [5, 5.41) is 10.7. The van der Waals surface area contributed by atoms with E-state index in [1.165, 1.54) is 11.1 Å². The number of hydrogen-bond acceptors (Lipinski definition) is 2. The van der Waals surface area contributed by atoms with Gasteiger partial charge < -0.3 is 10.0 Å². The van der Waals surface area contributed by atoms with E-state index in [9.17, 15) is 9.90 Å². The maximum Gasteiger partial charge on any atom is 0.254 e. The maximum atomic E-state index is 13.7. The zero-order valence-electron chi connectivity index (χ0n) is 19.2. The summed E-state index contributed by atoms with van der Waals surface area (Å²) in [6, 6.07) is 14.7. The van der Waals surface area contributed by atoms with Crippen molar-refractivity contribution in [3.05, 3.63) is 70.3 Å². The van der Waals surface area contributed by atoms with Crippen molar-refractivity contribution in [2.75, 3.05) is 6.54 Å². The van der Waals surface area contributed by atoms with Crippen molar-refractivity contribution < 1.29 is 9.90 Å². The Morgan fingerprint density at radius 1 is 1.03 bits per heavy atom. The fourth-order valence-electron chi connectivity index (χ4n) is 5.65. The molecular formula is C27H35NO2. The predicted octanol–water partition coefficient (Wildman–Crippen LogP) is 5.23. The van der Waals surface area contributed by atoms with E-state index in [1.807, 2.05) is 25.1 Å². The molecule has 160 valence electrons. The van der Waals surface area contributed by atoms with Gasteiger partial charge in [0.2, 0.25) is 0 Å². The monoisotopic (exact) mass is 405 g/mol. The van der Waals surface area contributed by atoms with Crippen LogP contribution in [-0.4, -0.2) is 28.5 Å². The smallest absolute Gasteiger partial charge is 0.254 e. The Kier molecular flexibility index (Phi) is 4.89. The molecule has 2 aliphatic carbocycles. The van der Waals surface area contributed by atoms with Crippen molar-refractivity contribution in [2.24, 2.45) is 5.41 Å². The Balaban J connectivity index is 1.73. The first-order valence-electron chi connectivity index (χ1n) is 11.3. The second-order valence-corrected chi connectivity index (χ2v) is 10.5. The van der Waals surface area contributed by atoms with Gasteiger partial charge in [-0.3, -0.25) is 4.79 Å². The third-order valence-corrected chi connectivity index (χ3v) is 8.34. The zero-order chi connectivity index (χ0) is 21.9. The number of fused-ring (bicyclic) bond motifs is 2. The minimum Gasteiger partial charge on any atom is -0.385 e. The number of rotatable bonds is 3. The summed E-state index contributed by atoms with van der Waals surface area (Å²) in [6.45, 7) is 13.8. The first-order valence-corrected chi connectivity index (χ1v) is 11.3. The summed E-state index contributed by atoms with van der Waals surface area (Å²) in [4.78, 5) is 15.8. The summed E-state index contributed by atoms with van der Waals surface area (Å²) in [5.41, 5.74) is 4.51.